The number of nitrogens with two attached hydrogens (primary N) is 1. The Morgan fingerprint density at radius 3 is 2.63 bits per heavy atom. The summed E-state index contributed by atoms with van der Waals surface area (Å²) in [6.07, 6.45) is 5.50. The molecule has 1 heterocycles. The van der Waals surface area contributed by atoms with E-state index in [0.29, 0.717) is 12.0 Å². The lowest BCUT2D eigenvalue weighted by Crippen LogP contribution is -2.28. The summed E-state index contributed by atoms with van der Waals surface area (Å²) in [7, 11) is 0. The molecular weight excluding hydrogens is 256 g/mol. The van der Waals surface area contributed by atoms with Gasteiger partial charge in [0.1, 0.15) is 10.6 Å². The van der Waals surface area contributed by atoms with Crippen LogP contribution in [0.4, 0.5) is 0 Å². The van der Waals surface area contributed by atoms with Crippen molar-refractivity contribution in [2.24, 2.45) is 5.73 Å². The van der Waals surface area contributed by atoms with Crippen molar-refractivity contribution in [1.82, 2.24) is 4.98 Å². The van der Waals surface area contributed by atoms with Crippen LogP contribution in [0.3, 0.4) is 0 Å². The van der Waals surface area contributed by atoms with Gasteiger partial charge in [0, 0.05) is 23.9 Å². The standard InChI is InChI=1S/C15H26N2OS/c1-4-15(5-2,18-6-3)14-17-13(10-19-14)11-8-7-9-12(11)16/h10-12H,4-9,16H2,1-3H3. The molecular formula is C15H26N2OS. The highest BCUT2D eigenvalue weighted by molar-refractivity contribution is 7.09. The van der Waals surface area contributed by atoms with Crippen LogP contribution in [0.2, 0.25) is 0 Å². The van der Waals surface area contributed by atoms with Crippen LogP contribution in [0, 0.1) is 0 Å². The molecule has 108 valence electrons. The Morgan fingerprint density at radius 1 is 1.37 bits per heavy atom. The van der Waals surface area contributed by atoms with Crippen molar-refractivity contribution in [3.63, 3.8) is 0 Å². The molecule has 2 rings (SSSR count). The lowest BCUT2D eigenvalue weighted by atomic mass is 9.97. The van der Waals surface area contributed by atoms with Crippen LogP contribution in [0.25, 0.3) is 0 Å². The third-order valence-corrected chi connectivity index (χ3v) is 5.47. The fourth-order valence-corrected chi connectivity index (χ4v) is 4.30. The highest BCUT2D eigenvalue weighted by Gasteiger charge is 2.34. The van der Waals surface area contributed by atoms with Crippen LogP contribution in [-0.2, 0) is 10.3 Å². The minimum absolute atomic E-state index is 0.194. The summed E-state index contributed by atoms with van der Waals surface area (Å²) in [6, 6.07) is 0.291. The molecule has 1 aliphatic rings. The summed E-state index contributed by atoms with van der Waals surface area (Å²) in [6.45, 7) is 7.16. The summed E-state index contributed by atoms with van der Waals surface area (Å²) in [4.78, 5) is 4.89. The first-order valence-corrected chi connectivity index (χ1v) is 8.40. The summed E-state index contributed by atoms with van der Waals surface area (Å²) < 4.78 is 6.03. The third kappa shape index (κ3) is 2.86. The Morgan fingerprint density at radius 2 is 2.11 bits per heavy atom. The molecule has 0 aromatic carbocycles. The monoisotopic (exact) mass is 282 g/mol. The maximum atomic E-state index is 6.19. The van der Waals surface area contributed by atoms with Gasteiger partial charge in [-0.05, 0) is 32.6 Å². The zero-order chi connectivity index (χ0) is 13.9. The van der Waals surface area contributed by atoms with Crippen LogP contribution < -0.4 is 5.73 Å². The predicted octanol–water partition coefficient (Wildman–Crippen LogP) is 3.79. The third-order valence-electron chi connectivity index (χ3n) is 4.42. The Hall–Kier alpha value is -0.450. The molecule has 0 aliphatic heterocycles. The Labute approximate surface area is 120 Å². The molecule has 1 aliphatic carbocycles. The van der Waals surface area contributed by atoms with Crippen molar-refractivity contribution in [2.75, 3.05) is 6.61 Å². The smallest absolute Gasteiger partial charge is 0.125 e. The van der Waals surface area contributed by atoms with Crippen LogP contribution in [0.15, 0.2) is 5.38 Å². The zero-order valence-corrected chi connectivity index (χ0v) is 13.1. The minimum Gasteiger partial charge on any atom is -0.368 e. The van der Waals surface area contributed by atoms with Gasteiger partial charge in [-0.15, -0.1) is 11.3 Å². The van der Waals surface area contributed by atoms with E-state index in [-0.39, 0.29) is 5.60 Å². The summed E-state index contributed by atoms with van der Waals surface area (Å²) in [5.74, 6) is 0.457. The zero-order valence-electron chi connectivity index (χ0n) is 12.3. The molecule has 0 radical (unpaired) electrons. The van der Waals surface area contributed by atoms with Crippen LogP contribution >= 0.6 is 11.3 Å². The van der Waals surface area contributed by atoms with Crippen LogP contribution in [0.1, 0.15) is 69.5 Å². The topological polar surface area (TPSA) is 48.1 Å². The van der Waals surface area contributed by atoms with E-state index in [2.05, 4.69) is 26.2 Å². The number of ether oxygens (including phenoxy) is 1. The van der Waals surface area contributed by atoms with E-state index in [1.54, 1.807) is 11.3 Å². The summed E-state index contributed by atoms with van der Waals surface area (Å²) in [5, 5.41) is 3.33. The van der Waals surface area contributed by atoms with E-state index in [1.807, 2.05) is 0 Å². The molecule has 0 bridgehead atoms. The number of hydrogen-bond acceptors (Lipinski definition) is 4. The van der Waals surface area contributed by atoms with Crippen molar-refractivity contribution in [2.45, 2.75) is 70.4 Å². The highest BCUT2D eigenvalue weighted by Crippen LogP contribution is 2.39. The van der Waals surface area contributed by atoms with Gasteiger partial charge < -0.3 is 10.5 Å². The summed E-state index contributed by atoms with van der Waals surface area (Å²) in [5.41, 5.74) is 7.18. The molecule has 0 spiro atoms. The van der Waals surface area contributed by atoms with Crippen molar-refractivity contribution >= 4 is 11.3 Å². The van der Waals surface area contributed by atoms with Gasteiger partial charge in [0.25, 0.3) is 0 Å². The fourth-order valence-electron chi connectivity index (χ4n) is 3.12. The van der Waals surface area contributed by atoms with Gasteiger partial charge >= 0.3 is 0 Å². The Bertz CT molecular complexity index is 401. The average molecular weight is 282 g/mol. The number of hydrogen-bond donors (Lipinski definition) is 1. The molecule has 0 saturated heterocycles. The minimum atomic E-state index is -0.194. The molecule has 1 aromatic rings. The van der Waals surface area contributed by atoms with E-state index in [4.69, 9.17) is 15.5 Å². The van der Waals surface area contributed by atoms with Crippen molar-refractivity contribution in [3.8, 4) is 0 Å². The summed E-state index contributed by atoms with van der Waals surface area (Å²) >= 11 is 1.74. The highest BCUT2D eigenvalue weighted by atomic mass is 32.1. The number of rotatable bonds is 6. The maximum absolute atomic E-state index is 6.19. The molecule has 1 saturated carbocycles. The Balaban J connectivity index is 2.23. The number of nitrogens with zero attached hydrogens (tertiary/aromatic N) is 1. The van der Waals surface area contributed by atoms with E-state index in [1.165, 1.54) is 18.5 Å². The second kappa shape index (κ2) is 6.33. The van der Waals surface area contributed by atoms with Gasteiger partial charge in [-0.3, -0.25) is 0 Å². The van der Waals surface area contributed by atoms with Gasteiger partial charge in [0.15, 0.2) is 0 Å². The van der Waals surface area contributed by atoms with Crippen LogP contribution in [0.5, 0.6) is 0 Å². The molecule has 19 heavy (non-hydrogen) atoms. The maximum Gasteiger partial charge on any atom is 0.125 e. The Kier molecular flexibility index (Phi) is 4.98. The van der Waals surface area contributed by atoms with Crippen molar-refractivity contribution in [3.05, 3.63) is 16.1 Å². The lowest BCUT2D eigenvalue weighted by Gasteiger charge is -2.29. The fraction of sp³-hybridized carbons (Fsp3) is 0.800. The SMILES string of the molecule is CCOC(CC)(CC)c1nc(C2CCCC2N)cs1. The molecule has 4 heteroatoms. The molecule has 2 unspecified atom stereocenters. The van der Waals surface area contributed by atoms with E-state index in [0.717, 1.165) is 30.9 Å². The predicted molar refractivity (Wildman–Crippen MR) is 80.6 cm³/mol. The van der Waals surface area contributed by atoms with Crippen molar-refractivity contribution < 1.29 is 4.74 Å². The van der Waals surface area contributed by atoms with Gasteiger partial charge in [0.05, 0.1) is 5.69 Å². The quantitative estimate of drug-likeness (QED) is 0.863. The molecule has 3 nitrogen and oxygen atoms in total. The van der Waals surface area contributed by atoms with E-state index >= 15 is 0 Å². The molecule has 2 N–H and O–H groups in total. The van der Waals surface area contributed by atoms with Gasteiger partial charge in [-0.1, -0.05) is 20.3 Å². The average Bonchev–Trinajstić information content (AvgIpc) is 3.04. The first-order chi connectivity index (χ1) is 9.16. The van der Waals surface area contributed by atoms with Gasteiger partial charge in [-0.25, -0.2) is 4.98 Å². The first kappa shape index (κ1) is 14.9. The van der Waals surface area contributed by atoms with E-state index < -0.39 is 0 Å². The molecule has 1 aromatic heterocycles. The van der Waals surface area contributed by atoms with Gasteiger partial charge in [0.2, 0.25) is 0 Å². The lowest BCUT2D eigenvalue weighted by molar-refractivity contribution is -0.0507. The second-order valence-corrected chi connectivity index (χ2v) is 6.27. The normalized spacial score (nSPS) is 24.0. The molecule has 0 amide bonds. The first-order valence-electron chi connectivity index (χ1n) is 7.52. The molecule has 1 fully saturated rings. The van der Waals surface area contributed by atoms with Crippen molar-refractivity contribution in [1.29, 1.82) is 0 Å². The van der Waals surface area contributed by atoms with E-state index in [9.17, 15) is 0 Å². The van der Waals surface area contributed by atoms with Gasteiger partial charge in [-0.2, -0.15) is 0 Å². The largest absolute Gasteiger partial charge is 0.368 e. The molecule has 2 atom stereocenters. The second-order valence-electron chi connectivity index (χ2n) is 5.41. The van der Waals surface area contributed by atoms with Crippen LogP contribution in [-0.4, -0.2) is 17.6 Å². The number of thiazole rings is 1. The number of aromatic nitrogens is 1.